The summed E-state index contributed by atoms with van der Waals surface area (Å²) < 4.78 is 5.04. The van der Waals surface area contributed by atoms with E-state index in [1.807, 2.05) is 19.9 Å². The second-order valence-corrected chi connectivity index (χ2v) is 4.43. The van der Waals surface area contributed by atoms with Crippen molar-refractivity contribution >= 4 is 0 Å². The number of aromatic hydroxyl groups is 1. The van der Waals surface area contributed by atoms with E-state index in [2.05, 4.69) is 5.32 Å². The maximum atomic E-state index is 9.47. The molecular weight excluding hydrogens is 218 g/mol. The summed E-state index contributed by atoms with van der Waals surface area (Å²) in [6.45, 7) is 4.73. The first-order valence-corrected chi connectivity index (χ1v) is 5.76. The van der Waals surface area contributed by atoms with Gasteiger partial charge in [-0.25, -0.2) is 0 Å². The lowest BCUT2D eigenvalue weighted by molar-refractivity contribution is 0.169. The van der Waals surface area contributed by atoms with Gasteiger partial charge in [-0.15, -0.1) is 0 Å². The van der Waals surface area contributed by atoms with Gasteiger partial charge in [-0.1, -0.05) is 13.0 Å². The van der Waals surface area contributed by atoms with Gasteiger partial charge in [-0.2, -0.15) is 0 Å². The van der Waals surface area contributed by atoms with E-state index < -0.39 is 0 Å². The summed E-state index contributed by atoms with van der Waals surface area (Å²) in [4.78, 5) is 0. The third kappa shape index (κ3) is 3.61. The van der Waals surface area contributed by atoms with Crippen molar-refractivity contribution in [3.8, 4) is 11.5 Å². The molecule has 0 radical (unpaired) electrons. The van der Waals surface area contributed by atoms with Crippen LogP contribution in [0.1, 0.15) is 25.8 Å². The first kappa shape index (κ1) is 13.8. The molecule has 0 saturated heterocycles. The molecule has 1 atom stereocenters. The number of hydrogen-bond acceptors (Lipinski definition) is 4. The van der Waals surface area contributed by atoms with Crippen molar-refractivity contribution in [2.24, 2.45) is 0 Å². The van der Waals surface area contributed by atoms with Crippen molar-refractivity contribution in [2.75, 3.05) is 13.7 Å². The van der Waals surface area contributed by atoms with Gasteiger partial charge >= 0.3 is 0 Å². The van der Waals surface area contributed by atoms with E-state index in [4.69, 9.17) is 4.74 Å². The lowest BCUT2D eigenvalue weighted by Crippen LogP contribution is -2.44. The lowest BCUT2D eigenvalue weighted by atomic mass is 10.00. The predicted octanol–water partition coefficient (Wildman–Crippen LogP) is 1.65. The molecule has 0 saturated carbocycles. The molecule has 0 amide bonds. The van der Waals surface area contributed by atoms with Crippen LogP contribution in [0.3, 0.4) is 0 Å². The van der Waals surface area contributed by atoms with Gasteiger partial charge in [0.25, 0.3) is 0 Å². The number of hydrogen-bond donors (Lipinski definition) is 3. The van der Waals surface area contributed by atoms with Crippen LogP contribution in [-0.4, -0.2) is 29.5 Å². The second kappa shape index (κ2) is 5.89. The Morgan fingerprint density at radius 1 is 1.41 bits per heavy atom. The first-order chi connectivity index (χ1) is 8.04. The molecule has 1 rings (SSSR count). The Kier molecular flexibility index (Phi) is 4.78. The Morgan fingerprint density at radius 2 is 2.12 bits per heavy atom. The molecule has 1 unspecified atom stereocenters. The fraction of sp³-hybridized carbons (Fsp3) is 0.538. The molecule has 0 aromatic heterocycles. The van der Waals surface area contributed by atoms with E-state index in [-0.39, 0.29) is 17.9 Å². The highest BCUT2D eigenvalue weighted by atomic mass is 16.5. The highest BCUT2D eigenvalue weighted by molar-refractivity contribution is 5.41. The highest BCUT2D eigenvalue weighted by Gasteiger charge is 2.19. The number of rotatable bonds is 6. The molecule has 0 aliphatic carbocycles. The fourth-order valence-corrected chi connectivity index (χ4v) is 1.44. The van der Waals surface area contributed by atoms with Gasteiger partial charge in [0.05, 0.1) is 13.7 Å². The standard InChI is InChI=1S/C13H21NO3/c1-4-13(2,9-15)14-8-10-5-6-11(16)12(7-10)17-3/h5-7,14-16H,4,8-9H2,1-3H3. The van der Waals surface area contributed by atoms with E-state index in [0.29, 0.717) is 12.3 Å². The van der Waals surface area contributed by atoms with Crippen LogP contribution in [-0.2, 0) is 6.54 Å². The fourth-order valence-electron chi connectivity index (χ4n) is 1.44. The Morgan fingerprint density at radius 3 is 2.65 bits per heavy atom. The number of phenols is 1. The summed E-state index contributed by atoms with van der Waals surface area (Å²) in [5.41, 5.74) is 0.735. The summed E-state index contributed by atoms with van der Waals surface area (Å²) in [5, 5.41) is 22.0. The summed E-state index contributed by atoms with van der Waals surface area (Å²) >= 11 is 0. The van der Waals surface area contributed by atoms with Crippen molar-refractivity contribution in [1.29, 1.82) is 0 Å². The van der Waals surface area contributed by atoms with Gasteiger partial charge < -0.3 is 20.3 Å². The van der Waals surface area contributed by atoms with E-state index in [1.54, 1.807) is 12.1 Å². The Balaban J connectivity index is 2.69. The van der Waals surface area contributed by atoms with E-state index in [1.165, 1.54) is 7.11 Å². The van der Waals surface area contributed by atoms with Gasteiger partial charge in [-0.05, 0) is 31.0 Å². The van der Waals surface area contributed by atoms with E-state index >= 15 is 0 Å². The number of aliphatic hydroxyl groups excluding tert-OH is 1. The summed E-state index contributed by atoms with van der Waals surface area (Å²) in [7, 11) is 1.52. The molecule has 0 heterocycles. The quantitative estimate of drug-likeness (QED) is 0.706. The van der Waals surface area contributed by atoms with Gasteiger partial charge in [0.15, 0.2) is 11.5 Å². The summed E-state index contributed by atoms with van der Waals surface area (Å²) in [5.74, 6) is 0.600. The summed E-state index contributed by atoms with van der Waals surface area (Å²) in [6.07, 6.45) is 0.846. The van der Waals surface area contributed by atoms with Crippen LogP contribution in [0.25, 0.3) is 0 Å². The monoisotopic (exact) mass is 239 g/mol. The maximum absolute atomic E-state index is 9.47. The smallest absolute Gasteiger partial charge is 0.160 e. The zero-order valence-electron chi connectivity index (χ0n) is 10.7. The molecule has 4 heteroatoms. The molecular formula is C13H21NO3. The number of ether oxygens (including phenoxy) is 1. The van der Waals surface area contributed by atoms with E-state index in [9.17, 15) is 10.2 Å². The third-order valence-electron chi connectivity index (χ3n) is 3.09. The molecule has 0 fully saturated rings. The number of methoxy groups -OCH3 is 1. The maximum Gasteiger partial charge on any atom is 0.160 e. The minimum Gasteiger partial charge on any atom is -0.504 e. The van der Waals surface area contributed by atoms with Crippen molar-refractivity contribution in [2.45, 2.75) is 32.4 Å². The van der Waals surface area contributed by atoms with Gasteiger partial charge in [0.2, 0.25) is 0 Å². The molecule has 1 aromatic carbocycles. The van der Waals surface area contributed by atoms with Crippen LogP contribution in [0.2, 0.25) is 0 Å². The van der Waals surface area contributed by atoms with Crippen LogP contribution < -0.4 is 10.1 Å². The topological polar surface area (TPSA) is 61.7 Å². The lowest BCUT2D eigenvalue weighted by Gasteiger charge is -2.27. The van der Waals surface area contributed by atoms with Crippen molar-refractivity contribution in [3.63, 3.8) is 0 Å². The average molecular weight is 239 g/mol. The molecule has 0 spiro atoms. The zero-order valence-corrected chi connectivity index (χ0v) is 10.7. The third-order valence-corrected chi connectivity index (χ3v) is 3.09. The van der Waals surface area contributed by atoms with Crippen LogP contribution >= 0.6 is 0 Å². The number of benzene rings is 1. The molecule has 0 bridgehead atoms. The Bertz CT molecular complexity index is 362. The highest BCUT2D eigenvalue weighted by Crippen LogP contribution is 2.26. The SMILES string of the molecule is CCC(C)(CO)NCc1ccc(O)c(OC)c1. The summed E-state index contributed by atoms with van der Waals surface area (Å²) in [6, 6.07) is 5.23. The normalized spacial score (nSPS) is 14.4. The van der Waals surface area contributed by atoms with Gasteiger partial charge in [0, 0.05) is 12.1 Å². The molecule has 1 aromatic rings. The van der Waals surface area contributed by atoms with Gasteiger partial charge in [0.1, 0.15) is 0 Å². The zero-order chi connectivity index (χ0) is 12.9. The van der Waals surface area contributed by atoms with Crippen molar-refractivity contribution in [1.82, 2.24) is 5.32 Å². The number of nitrogens with one attached hydrogen (secondary N) is 1. The Hall–Kier alpha value is -1.26. The predicted molar refractivity (Wildman–Crippen MR) is 67.3 cm³/mol. The van der Waals surface area contributed by atoms with Crippen LogP contribution in [0.4, 0.5) is 0 Å². The average Bonchev–Trinajstić information content (AvgIpc) is 2.37. The first-order valence-electron chi connectivity index (χ1n) is 5.76. The molecule has 96 valence electrons. The van der Waals surface area contributed by atoms with Crippen LogP contribution in [0.15, 0.2) is 18.2 Å². The molecule has 0 aliphatic heterocycles. The van der Waals surface area contributed by atoms with Gasteiger partial charge in [-0.3, -0.25) is 0 Å². The van der Waals surface area contributed by atoms with Crippen LogP contribution in [0, 0.1) is 0 Å². The number of phenolic OH excluding ortho intramolecular Hbond substituents is 1. The Labute approximate surface area is 102 Å². The molecule has 3 N–H and O–H groups in total. The molecule has 0 aliphatic rings. The second-order valence-electron chi connectivity index (χ2n) is 4.43. The minimum absolute atomic E-state index is 0.0960. The van der Waals surface area contributed by atoms with E-state index in [0.717, 1.165) is 12.0 Å². The molecule has 4 nitrogen and oxygen atoms in total. The van der Waals surface area contributed by atoms with Crippen molar-refractivity contribution < 1.29 is 14.9 Å². The van der Waals surface area contributed by atoms with Crippen LogP contribution in [0.5, 0.6) is 11.5 Å². The molecule has 17 heavy (non-hydrogen) atoms. The number of aliphatic hydroxyl groups is 1. The largest absolute Gasteiger partial charge is 0.504 e. The van der Waals surface area contributed by atoms with Crippen molar-refractivity contribution in [3.05, 3.63) is 23.8 Å². The minimum atomic E-state index is -0.273.